The van der Waals surface area contributed by atoms with Gasteiger partial charge in [0.05, 0.1) is 33.5 Å². The molecule has 0 spiro atoms. The van der Waals surface area contributed by atoms with E-state index in [9.17, 15) is 14.9 Å². The molecule has 2 aromatic heterocycles. The Morgan fingerprint density at radius 1 is 1.11 bits per heavy atom. The second kappa shape index (κ2) is 8.71. The number of non-ortho nitro benzene ring substituents is 1. The maximum Gasteiger partial charge on any atom is 0.271 e. The van der Waals surface area contributed by atoms with Crippen LogP contribution in [0.15, 0.2) is 48.7 Å². The molecule has 0 saturated heterocycles. The van der Waals surface area contributed by atoms with Gasteiger partial charge in [0.1, 0.15) is 13.2 Å². The van der Waals surface area contributed by atoms with E-state index in [2.05, 4.69) is 10.4 Å². The van der Waals surface area contributed by atoms with Gasteiger partial charge in [0, 0.05) is 23.7 Å². The van der Waals surface area contributed by atoms with E-state index >= 15 is 0 Å². The van der Waals surface area contributed by atoms with Gasteiger partial charge in [0.25, 0.3) is 11.6 Å². The number of aromatic nitrogens is 3. The van der Waals surface area contributed by atoms with E-state index in [1.807, 2.05) is 32.0 Å². The van der Waals surface area contributed by atoms with Crippen molar-refractivity contribution in [3.63, 3.8) is 0 Å². The Kier molecular flexibility index (Phi) is 5.56. The lowest BCUT2D eigenvalue weighted by Gasteiger charge is -2.19. The lowest BCUT2D eigenvalue weighted by atomic mass is 10.0. The summed E-state index contributed by atoms with van der Waals surface area (Å²) < 4.78 is 13.1. The number of benzene rings is 2. The summed E-state index contributed by atoms with van der Waals surface area (Å²) in [5.41, 5.74) is 3.22. The summed E-state index contributed by atoms with van der Waals surface area (Å²) >= 11 is 0. The van der Waals surface area contributed by atoms with Crippen LogP contribution in [-0.2, 0) is 0 Å². The number of nitrogens with zero attached hydrogens (tertiary/aromatic N) is 4. The van der Waals surface area contributed by atoms with Gasteiger partial charge in [-0.3, -0.25) is 14.9 Å². The number of amides is 1. The fourth-order valence-electron chi connectivity index (χ4n) is 3.98. The Balaban J connectivity index is 1.62. The Morgan fingerprint density at radius 2 is 1.89 bits per heavy atom. The molecule has 0 atom stereocenters. The first-order chi connectivity index (χ1) is 16.8. The van der Waals surface area contributed by atoms with Crippen LogP contribution in [-0.4, -0.2) is 38.8 Å². The van der Waals surface area contributed by atoms with Gasteiger partial charge in [-0.05, 0) is 50.6 Å². The number of nitrogens with one attached hydrogen (secondary N) is 1. The summed E-state index contributed by atoms with van der Waals surface area (Å²) in [5, 5.41) is 19.1. The number of nitro benzene ring substituents is 1. The van der Waals surface area contributed by atoms with Crippen LogP contribution in [0.3, 0.4) is 0 Å². The molecule has 0 saturated carbocycles. The van der Waals surface area contributed by atoms with Crippen LogP contribution in [0.5, 0.6) is 11.5 Å². The second-order valence-electron chi connectivity index (χ2n) is 8.54. The predicted octanol–water partition coefficient (Wildman–Crippen LogP) is 4.92. The predicted molar refractivity (Wildman–Crippen MR) is 130 cm³/mol. The van der Waals surface area contributed by atoms with Gasteiger partial charge in [-0.15, -0.1) is 0 Å². The molecule has 1 aliphatic heterocycles. The topological polar surface area (TPSA) is 121 Å². The van der Waals surface area contributed by atoms with Crippen LogP contribution >= 0.6 is 0 Å². The number of anilines is 1. The average Bonchev–Trinajstić information content (AvgIpc) is 3.28. The van der Waals surface area contributed by atoms with E-state index in [4.69, 9.17) is 14.5 Å². The van der Waals surface area contributed by atoms with Crippen LogP contribution in [0.2, 0.25) is 0 Å². The molecule has 1 amide bonds. The molecule has 178 valence electrons. The smallest absolute Gasteiger partial charge is 0.271 e. The molecule has 35 heavy (non-hydrogen) atoms. The van der Waals surface area contributed by atoms with Gasteiger partial charge in [-0.25, -0.2) is 9.67 Å². The minimum Gasteiger partial charge on any atom is -0.486 e. The van der Waals surface area contributed by atoms with E-state index in [-0.39, 0.29) is 11.7 Å². The highest BCUT2D eigenvalue weighted by molar-refractivity contribution is 6.13. The van der Waals surface area contributed by atoms with E-state index in [1.54, 1.807) is 29.9 Å². The zero-order valence-electron chi connectivity index (χ0n) is 19.4. The quantitative estimate of drug-likeness (QED) is 0.322. The van der Waals surface area contributed by atoms with Crippen molar-refractivity contribution in [2.24, 2.45) is 0 Å². The van der Waals surface area contributed by atoms with Crippen molar-refractivity contribution in [1.29, 1.82) is 0 Å². The molecular formula is C25H23N5O5. The van der Waals surface area contributed by atoms with E-state index in [0.717, 1.165) is 5.56 Å². The highest BCUT2D eigenvalue weighted by Gasteiger charge is 2.21. The minimum atomic E-state index is -0.494. The molecule has 5 rings (SSSR count). The maximum absolute atomic E-state index is 13.5. The third kappa shape index (κ3) is 4.14. The highest BCUT2D eigenvalue weighted by atomic mass is 16.6. The number of pyridine rings is 1. The molecule has 3 heterocycles. The minimum absolute atomic E-state index is 0.0189. The third-order valence-corrected chi connectivity index (χ3v) is 5.82. The van der Waals surface area contributed by atoms with E-state index in [1.165, 1.54) is 12.1 Å². The van der Waals surface area contributed by atoms with Crippen molar-refractivity contribution < 1.29 is 19.2 Å². The van der Waals surface area contributed by atoms with Crippen LogP contribution in [0.1, 0.15) is 35.8 Å². The number of carbonyl (C=O) groups is 1. The lowest BCUT2D eigenvalue weighted by Crippen LogP contribution is -2.15. The summed E-state index contributed by atoms with van der Waals surface area (Å²) in [4.78, 5) is 29.0. The van der Waals surface area contributed by atoms with Gasteiger partial charge in [0.2, 0.25) is 0 Å². The van der Waals surface area contributed by atoms with Crippen LogP contribution in [0.25, 0.3) is 22.3 Å². The molecule has 1 N–H and O–H groups in total. The molecule has 0 bridgehead atoms. The second-order valence-corrected chi connectivity index (χ2v) is 8.54. The van der Waals surface area contributed by atoms with Gasteiger partial charge >= 0.3 is 0 Å². The average molecular weight is 473 g/mol. The van der Waals surface area contributed by atoms with Gasteiger partial charge in [-0.2, -0.15) is 5.10 Å². The van der Waals surface area contributed by atoms with Crippen LogP contribution in [0, 0.1) is 17.0 Å². The number of ether oxygens (including phenoxy) is 2. The van der Waals surface area contributed by atoms with Crippen molar-refractivity contribution in [1.82, 2.24) is 14.8 Å². The molecule has 10 nitrogen and oxygen atoms in total. The van der Waals surface area contributed by atoms with Gasteiger partial charge in [0.15, 0.2) is 17.1 Å². The third-order valence-electron chi connectivity index (χ3n) is 5.82. The van der Waals surface area contributed by atoms with Crippen LogP contribution < -0.4 is 14.8 Å². The fraction of sp³-hybridized carbons (Fsp3) is 0.240. The monoisotopic (exact) mass is 473 g/mol. The highest BCUT2D eigenvalue weighted by Crippen LogP contribution is 2.35. The van der Waals surface area contributed by atoms with E-state index < -0.39 is 10.8 Å². The number of fused-ring (bicyclic) bond motifs is 2. The number of nitro groups is 1. The molecule has 0 radical (unpaired) electrons. The molecule has 0 fully saturated rings. The molecule has 2 aromatic carbocycles. The zero-order valence-corrected chi connectivity index (χ0v) is 19.4. The number of carbonyl (C=O) groups excluding carboxylic acids is 1. The Hall–Kier alpha value is -4.47. The number of rotatable bonds is 5. The molecule has 0 unspecified atom stereocenters. The molecule has 10 heteroatoms. The lowest BCUT2D eigenvalue weighted by molar-refractivity contribution is -0.384. The first-order valence-electron chi connectivity index (χ1n) is 11.2. The summed E-state index contributed by atoms with van der Waals surface area (Å²) in [6.07, 6.45) is 1.62. The molecule has 0 aliphatic carbocycles. The normalized spacial score (nSPS) is 12.7. The first kappa shape index (κ1) is 22.3. The first-order valence-corrected chi connectivity index (χ1v) is 11.2. The number of hydrogen-bond donors (Lipinski definition) is 1. The Labute approximate surface area is 200 Å². The molecule has 4 aromatic rings. The number of hydrogen-bond acceptors (Lipinski definition) is 7. The molecular weight excluding hydrogens is 450 g/mol. The fourth-order valence-corrected chi connectivity index (χ4v) is 3.98. The van der Waals surface area contributed by atoms with E-state index in [0.29, 0.717) is 58.3 Å². The summed E-state index contributed by atoms with van der Waals surface area (Å²) in [6.45, 7) is 6.69. The van der Waals surface area contributed by atoms with Gasteiger partial charge in [-0.1, -0.05) is 6.07 Å². The standard InChI is InChI=1S/C25H23N5O5/c1-14(2)29-24-19(13-26-29)18(25(31)28-20-11-17(30(32)33)6-4-15(20)3)12-21(27-24)16-5-7-22-23(10-16)35-9-8-34-22/h4-7,10-14H,8-9H2,1-3H3,(H,28,31). The van der Waals surface area contributed by atoms with Gasteiger partial charge < -0.3 is 14.8 Å². The largest absolute Gasteiger partial charge is 0.486 e. The summed E-state index contributed by atoms with van der Waals surface area (Å²) in [5.74, 6) is 0.863. The SMILES string of the molecule is Cc1ccc([N+](=O)[O-])cc1NC(=O)c1cc(-c2ccc3c(c2)OCCO3)nc2c1cnn2C(C)C. The maximum atomic E-state index is 13.5. The summed E-state index contributed by atoms with van der Waals surface area (Å²) in [7, 11) is 0. The van der Waals surface area contributed by atoms with Crippen molar-refractivity contribution in [3.8, 4) is 22.8 Å². The van der Waals surface area contributed by atoms with Crippen molar-refractivity contribution in [2.45, 2.75) is 26.8 Å². The Morgan fingerprint density at radius 3 is 2.63 bits per heavy atom. The van der Waals surface area contributed by atoms with Crippen LogP contribution in [0.4, 0.5) is 11.4 Å². The van der Waals surface area contributed by atoms with Crippen molar-refractivity contribution in [2.75, 3.05) is 18.5 Å². The summed E-state index contributed by atoms with van der Waals surface area (Å²) in [6, 6.07) is 11.6. The van der Waals surface area contributed by atoms with Crippen molar-refractivity contribution >= 4 is 28.3 Å². The van der Waals surface area contributed by atoms with Crippen molar-refractivity contribution in [3.05, 3.63) is 69.9 Å². The molecule has 1 aliphatic rings. The Bertz CT molecular complexity index is 1480. The number of aryl methyl sites for hydroxylation is 1. The zero-order chi connectivity index (χ0) is 24.7.